The Morgan fingerprint density at radius 1 is 1.43 bits per heavy atom. The van der Waals surface area contributed by atoms with E-state index in [1.807, 2.05) is 11.8 Å². The molecule has 3 heteroatoms. The SMILES string of the molecule is CCSC[C@@H](C(=O)OC)[C@@H]1CC[C@@H](C)[C@@H]2CCC(C)=C[C@@H]21. The van der Waals surface area contributed by atoms with Crippen LogP contribution in [0.2, 0.25) is 0 Å². The topological polar surface area (TPSA) is 26.3 Å². The van der Waals surface area contributed by atoms with Crippen LogP contribution in [0.15, 0.2) is 11.6 Å². The molecule has 0 bridgehead atoms. The van der Waals surface area contributed by atoms with Crippen LogP contribution >= 0.6 is 11.8 Å². The molecule has 0 amide bonds. The average Bonchev–Trinajstić information content (AvgIpc) is 2.49. The minimum Gasteiger partial charge on any atom is -0.469 e. The van der Waals surface area contributed by atoms with Crippen molar-refractivity contribution in [2.24, 2.45) is 29.6 Å². The van der Waals surface area contributed by atoms with Crippen LogP contribution in [0.5, 0.6) is 0 Å². The molecular formula is C18H30O2S. The third-order valence-corrected chi connectivity index (χ3v) is 6.55. The van der Waals surface area contributed by atoms with Crippen molar-refractivity contribution in [1.29, 1.82) is 0 Å². The molecule has 0 aromatic heterocycles. The Labute approximate surface area is 134 Å². The maximum atomic E-state index is 12.3. The molecule has 0 aliphatic heterocycles. The fourth-order valence-corrected chi connectivity index (χ4v) is 5.19. The van der Waals surface area contributed by atoms with Gasteiger partial charge in [-0.2, -0.15) is 11.8 Å². The smallest absolute Gasteiger partial charge is 0.309 e. The maximum absolute atomic E-state index is 12.3. The Morgan fingerprint density at radius 2 is 2.19 bits per heavy atom. The Bertz CT molecular complexity index is 391. The number of allylic oxidation sites excluding steroid dienone is 2. The number of hydrogen-bond donors (Lipinski definition) is 0. The van der Waals surface area contributed by atoms with Crippen molar-refractivity contribution in [3.05, 3.63) is 11.6 Å². The number of methoxy groups -OCH3 is 1. The van der Waals surface area contributed by atoms with E-state index in [2.05, 4.69) is 26.8 Å². The highest BCUT2D eigenvalue weighted by atomic mass is 32.2. The predicted octanol–water partition coefficient (Wildman–Crippen LogP) is 4.55. The Hall–Kier alpha value is -0.440. The minimum atomic E-state index is 0.00544. The zero-order chi connectivity index (χ0) is 15.4. The molecule has 0 heterocycles. The summed E-state index contributed by atoms with van der Waals surface area (Å²) in [6, 6.07) is 0. The molecule has 0 unspecified atom stereocenters. The number of esters is 1. The van der Waals surface area contributed by atoms with Crippen LogP contribution in [0.4, 0.5) is 0 Å². The van der Waals surface area contributed by atoms with E-state index in [0.29, 0.717) is 11.8 Å². The molecule has 21 heavy (non-hydrogen) atoms. The summed E-state index contributed by atoms with van der Waals surface area (Å²) in [5, 5.41) is 0. The summed E-state index contributed by atoms with van der Waals surface area (Å²) in [5.74, 6) is 4.70. The number of rotatable bonds is 5. The van der Waals surface area contributed by atoms with Crippen molar-refractivity contribution in [3.8, 4) is 0 Å². The first-order chi connectivity index (χ1) is 10.1. The first kappa shape index (κ1) is 16.9. The van der Waals surface area contributed by atoms with Crippen molar-refractivity contribution in [1.82, 2.24) is 0 Å². The lowest BCUT2D eigenvalue weighted by Crippen LogP contribution is -2.41. The van der Waals surface area contributed by atoms with E-state index in [4.69, 9.17) is 4.74 Å². The average molecular weight is 311 g/mol. The van der Waals surface area contributed by atoms with Gasteiger partial charge in [-0.3, -0.25) is 4.79 Å². The molecule has 2 rings (SSSR count). The van der Waals surface area contributed by atoms with Gasteiger partial charge in [-0.25, -0.2) is 0 Å². The number of ether oxygens (including phenoxy) is 1. The Kier molecular flexibility index (Phi) is 6.21. The van der Waals surface area contributed by atoms with Crippen LogP contribution in [0.25, 0.3) is 0 Å². The van der Waals surface area contributed by atoms with E-state index in [1.54, 1.807) is 0 Å². The van der Waals surface area contributed by atoms with E-state index in [9.17, 15) is 4.79 Å². The monoisotopic (exact) mass is 310 g/mol. The molecule has 5 atom stereocenters. The third kappa shape index (κ3) is 3.85. The lowest BCUT2D eigenvalue weighted by Gasteiger charge is -2.45. The molecule has 120 valence electrons. The highest BCUT2D eigenvalue weighted by molar-refractivity contribution is 7.99. The molecule has 0 saturated heterocycles. The number of hydrogen-bond acceptors (Lipinski definition) is 3. The van der Waals surface area contributed by atoms with Crippen molar-refractivity contribution in [3.63, 3.8) is 0 Å². The quantitative estimate of drug-likeness (QED) is 0.550. The second-order valence-corrected chi connectivity index (χ2v) is 8.12. The summed E-state index contributed by atoms with van der Waals surface area (Å²) in [6.07, 6.45) is 7.48. The van der Waals surface area contributed by atoms with Crippen LogP contribution in [-0.2, 0) is 9.53 Å². The summed E-state index contributed by atoms with van der Waals surface area (Å²) in [6.45, 7) is 6.81. The van der Waals surface area contributed by atoms with Gasteiger partial charge in [0.2, 0.25) is 0 Å². The van der Waals surface area contributed by atoms with Crippen molar-refractivity contribution < 1.29 is 9.53 Å². The molecule has 2 aliphatic rings. The maximum Gasteiger partial charge on any atom is 0.309 e. The van der Waals surface area contributed by atoms with Gasteiger partial charge in [-0.1, -0.05) is 31.9 Å². The van der Waals surface area contributed by atoms with Gasteiger partial charge in [0.05, 0.1) is 13.0 Å². The third-order valence-electron chi connectivity index (χ3n) is 5.55. The Balaban J connectivity index is 2.21. The molecule has 0 radical (unpaired) electrons. The number of carbonyl (C=O) groups is 1. The summed E-state index contributed by atoms with van der Waals surface area (Å²) < 4.78 is 5.12. The number of thioether (sulfide) groups is 1. The van der Waals surface area contributed by atoms with Gasteiger partial charge in [-0.15, -0.1) is 0 Å². The molecule has 0 aromatic rings. The molecule has 0 N–H and O–H groups in total. The van der Waals surface area contributed by atoms with Crippen LogP contribution in [0, 0.1) is 29.6 Å². The van der Waals surface area contributed by atoms with Gasteiger partial charge < -0.3 is 4.74 Å². The fourth-order valence-electron chi connectivity index (χ4n) is 4.32. The minimum absolute atomic E-state index is 0.00544. The van der Waals surface area contributed by atoms with E-state index in [1.165, 1.54) is 38.4 Å². The number of fused-ring (bicyclic) bond motifs is 1. The fraction of sp³-hybridized carbons (Fsp3) is 0.833. The van der Waals surface area contributed by atoms with Crippen LogP contribution < -0.4 is 0 Å². The van der Waals surface area contributed by atoms with Gasteiger partial charge in [-0.05, 0) is 55.6 Å². The molecular weight excluding hydrogens is 280 g/mol. The normalized spacial score (nSPS) is 33.8. The van der Waals surface area contributed by atoms with Crippen LogP contribution in [-0.4, -0.2) is 24.6 Å². The second-order valence-electron chi connectivity index (χ2n) is 6.80. The van der Waals surface area contributed by atoms with E-state index in [0.717, 1.165) is 23.3 Å². The first-order valence-electron chi connectivity index (χ1n) is 8.41. The van der Waals surface area contributed by atoms with Crippen molar-refractivity contribution in [2.75, 3.05) is 18.6 Å². The predicted molar refractivity (Wildman–Crippen MR) is 90.4 cm³/mol. The zero-order valence-electron chi connectivity index (χ0n) is 13.9. The highest BCUT2D eigenvalue weighted by Crippen LogP contribution is 2.48. The molecule has 0 spiro atoms. The standard InChI is InChI=1S/C18H30O2S/c1-5-21-11-17(18(19)20-4)15-9-7-13(3)14-8-6-12(2)10-16(14)15/h10,13-17H,5-9,11H2,1-4H3/t13-,14+,15-,16+,17-/m1/s1. The first-order valence-corrected chi connectivity index (χ1v) is 9.56. The largest absolute Gasteiger partial charge is 0.469 e. The molecule has 2 aliphatic carbocycles. The van der Waals surface area contributed by atoms with Gasteiger partial charge in [0.15, 0.2) is 0 Å². The van der Waals surface area contributed by atoms with Crippen LogP contribution in [0.3, 0.4) is 0 Å². The molecule has 0 aromatic carbocycles. The van der Waals surface area contributed by atoms with Gasteiger partial charge in [0.25, 0.3) is 0 Å². The van der Waals surface area contributed by atoms with Gasteiger partial charge in [0, 0.05) is 5.75 Å². The zero-order valence-corrected chi connectivity index (χ0v) is 14.7. The summed E-state index contributed by atoms with van der Waals surface area (Å²) in [4.78, 5) is 12.3. The lowest BCUT2D eigenvalue weighted by molar-refractivity contribution is -0.148. The van der Waals surface area contributed by atoms with Crippen molar-refractivity contribution in [2.45, 2.75) is 46.5 Å². The van der Waals surface area contributed by atoms with E-state index >= 15 is 0 Å². The van der Waals surface area contributed by atoms with Gasteiger partial charge >= 0.3 is 5.97 Å². The molecule has 1 saturated carbocycles. The van der Waals surface area contributed by atoms with E-state index < -0.39 is 0 Å². The summed E-state index contributed by atoms with van der Waals surface area (Å²) in [5.41, 5.74) is 1.52. The highest BCUT2D eigenvalue weighted by Gasteiger charge is 2.43. The molecule has 1 fully saturated rings. The number of carbonyl (C=O) groups excluding carboxylic acids is 1. The summed E-state index contributed by atoms with van der Waals surface area (Å²) in [7, 11) is 1.54. The second kappa shape index (κ2) is 7.71. The van der Waals surface area contributed by atoms with Gasteiger partial charge in [0.1, 0.15) is 0 Å². The van der Waals surface area contributed by atoms with Crippen molar-refractivity contribution >= 4 is 17.7 Å². The summed E-state index contributed by atoms with van der Waals surface area (Å²) >= 11 is 1.87. The van der Waals surface area contributed by atoms with Crippen LogP contribution in [0.1, 0.15) is 46.5 Å². The Morgan fingerprint density at radius 3 is 2.86 bits per heavy atom. The van der Waals surface area contributed by atoms with E-state index in [-0.39, 0.29) is 11.9 Å². The lowest BCUT2D eigenvalue weighted by atomic mass is 9.60. The molecule has 2 nitrogen and oxygen atoms in total.